The molecule has 2 rings (SSSR count). The van der Waals surface area contributed by atoms with Gasteiger partial charge in [0.1, 0.15) is 9.84 Å². The number of aryl methyl sites for hydroxylation is 1. The largest absolute Gasteiger partial charge is 0.229 e. The molecule has 3 heteroatoms. The molecule has 0 heterocycles. The van der Waals surface area contributed by atoms with Crippen LogP contribution in [0.5, 0.6) is 0 Å². The Morgan fingerprint density at radius 1 is 1.28 bits per heavy atom. The van der Waals surface area contributed by atoms with E-state index in [-0.39, 0.29) is 0 Å². The molecule has 2 nitrogen and oxygen atoms in total. The van der Waals surface area contributed by atoms with E-state index in [0.717, 1.165) is 19.3 Å². The van der Waals surface area contributed by atoms with Crippen LogP contribution in [0.25, 0.3) is 0 Å². The quantitative estimate of drug-likeness (QED) is 0.843. The molecule has 1 unspecified atom stereocenters. The average Bonchev–Trinajstić information content (AvgIpc) is 2.26. The van der Waals surface area contributed by atoms with Gasteiger partial charge in [0.2, 0.25) is 0 Å². The molecule has 18 heavy (non-hydrogen) atoms. The number of fused-ring (bicyclic) bond motifs is 1. The van der Waals surface area contributed by atoms with E-state index < -0.39 is 9.84 Å². The molecule has 1 aromatic carbocycles. The van der Waals surface area contributed by atoms with E-state index in [9.17, 15) is 8.42 Å². The zero-order valence-electron chi connectivity index (χ0n) is 11.4. The second kappa shape index (κ2) is 5.04. The second-order valence-corrected chi connectivity index (χ2v) is 8.07. The van der Waals surface area contributed by atoms with E-state index in [4.69, 9.17) is 0 Å². The molecule has 0 spiro atoms. The lowest BCUT2D eigenvalue weighted by atomic mass is 9.83. The fraction of sp³-hybridized carbons (Fsp3) is 0.600. The summed E-state index contributed by atoms with van der Waals surface area (Å²) in [5, 5.41) is 0. The smallest absolute Gasteiger partial charge is 0.147 e. The van der Waals surface area contributed by atoms with Crippen LogP contribution in [0.2, 0.25) is 0 Å². The first kappa shape index (κ1) is 13.6. The van der Waals surface area contributed by atoms with Gasteiger partial charge in [-0.05, 0) is 47.8 Å². The zero-order valence-corrected chi connectivity index (χ0v) is 12.3. The molecule has 1 aromatic rings. The Morgan fingerprint density at radius 2 is 2.00 bits per heavy atom. The van der Waals surface area contributed by atoms with Gasteiger partial charge >= 0.3 is 0 Å². The van der Waals surface area contributed by atoms with Crippen molar-refractivity contribution in [1.82, 2.24) is 0 Å². The summed E-state index contributed by atoms with van der Waals surface area (Å²) in [5.74, 6) is 1.19. The third-order valence-corrected chi connectivity index (χ3v) is 4.84. The Balaban J connectivity index is 2.16. The predicted octanol–water partition coefficient (Wildman–Crippen LogP) is 2.96. The maximum absolute atomic E-state index is 11.4. The third kappa shape index (κ3) is 3.35. The molecule has 0 aliphatic heterocycles. The highest BCUT2D eigenvalue weighted by Gasteiger charge is 2.22. The van der Waals surface area contributed by atoms with Gasteiger partial charge in [-0.1, -0.05) is 32.0 Å². The summed E-state index contributed by atoms with van der Waals surface area (Å²) in [5.41, 5.74) is 4.15. The fourth-order valence-corrected chi connectivity index (χ4v) is 3.92. The first-order valence-corrected chi connectivity index (χ1v) is 8.70. The van der Waals surface area contributed by atoms with Crippen LogP contribution < -0.4 is 0 Å². The fourth-order valence-electron chi connectivity index (χ4n) is 2.78. The van der Waals surface area contributed by atoms with Gasteiger partial charge in [0.25, 0.3) is 0 Å². The normalized spacial score (nSPS) is 19.9. The molecule has 1 atom stereocenters. The van der Waals surface area contributed by atoms with Crippen molar-refractivity contribution in [2.75, 3.05) is 12.0 Å². The van der Waals surface area contributed by atoms with Crippen molar-refractivity contribution in [3.8, 4) is 0 Å². The first-order chi connectivity index (χ1) is 8.35. The lowest BCUT2D eigenvalue weighted by Crippen LogP contribution is -2.22. The Kier molecular flexibility index (Phi) is 3.81. The molecule has 0 radical (unpaired) electrons. The van der Waals surface area contributed by atoms with Crippen LogP contribution in [-0.4, -0.2) is 20.4 Å². The topological polar surface area (TPSA) is 34.1 Å². The molecule has 0 aromatic heterocycles. The summed E-state index contributed by atoms with van der Waals surface area (Å²) in [6, 6.07) is 6.68. The number of rotatable bonds is 3. The molecule has 0 amide bonds. The molecular formula is C15H22O2S. The predicted molar refractivity (Wildman–Crippen MR) is 75.8 cm³/mol. The van der Waals surface area contributed by atoms with E-state index in [1.165, 1.54) is 22.9 Å². The number of hydrogen-bond donors (Lipinski definition) is 0. The van der Waals surface area contributed by atoms with Crippen LogP contribution in [0.15, 0.2) is 18.2 Å². The van der Waals surface area contributed by atoms with Crippen LogP contribution in [0, 0.1) is 5.92 Å². The summed E-state index contributed by atoms with van der Waals surface area (Å²) in [4.78, 5) is 0. The zero-order chi connectivity index (χ0) is 13.3. The van der Waals surface area contributed by atoms with Crippen molar-refractivity contribution < 1.29 is 8.42 Å². The van der Waals surface area contributed by atoms with Crippen LogP contribution in [0.4, 0.5) is 0 Å². The minimum atomic E-state index is -2.85. The van der Waals surface area contributed by atoms with E-state index in [2.05, 4.69) is 32.0 Å². The van der Waals surface area contributed by atoms with Crippen molar-refractivity contribution in [2.45, 2.75) is 39.0 Å². The van der Waals surface area contributed by atoms with Crippen LogP contribution >= 0.6 is 0 Å². The standard InChI is InChI=1S/C15H22O2S/c1-11(2)13-6-7-14-8-12(10-18(3,16)17)4-5-15(14)9-13/h6-7,9,11-12H,4-5,8,10H2,1-3H3. The summed E-state index contributed by atoms with van der Waals surface area (Å²) < 4.78 is 22.7. The SMILES string of the molecule is CC(C)c1ccc2c(c1)CCC(CS(C)(=O)=O)C2. The Hall–Kier alpha value is -0.830. The second-order valence-electron chi connectivity index (χ2n) is 5.88. The third-order valence-electron chi connectivity index (χ3n) is 3.77. The highest BCUT2D eigenvalue weighted by molar-refractivity contribution is 7.90. The monoisotopic (exact) mass is 266 g/mol. The van der Waals surface area contributed by atoms with Crippen molar-refractivity contribution in [1.29, 1.82) is 0 Å². The van der Waals surface area contributed by atoms with Gasteiger partial charge in [0.15, 0.2) is 0 Å². The molecule has 1 aliphatic carbocycles. The maximum atomic E-state index is 11.4. The van der Waals surface area contributed by atoms with E-state index in [0.29, 0.717) is 17.6 Å². The molecule has 0 N–H and O–H groups in total. The molecular weight excluding hydrogens is 244 g/mol. The van der Waals surface area contributed by atoms with E-state index in [1.807, 2.05) is 0 Å². The average molecular weight is 266 g/mol. The van der Waals surface area contributed by atoms with Crippen molar-refractivity contribution in [3.63, 3.8) is 0 Å². The van der Waals surface area contributed by atoms with Crippen molar-refractivity contribution in [2.24, 2.45) is 5.92 Å². The minimum Gasteiger partial charge on any atom is -0.229 e. The van der Waals surface area contributed by atoms with Gasteiger partial charge in [0, 0.05) is 6.26 Å². The van der Waals surface area contributed by atoms with Crippen LogP contribution in [0.3, 0.4) is 0 Å². The minimum absolute atomic E-state index is 0.303. The van der Waals surface area contributed by atoms with Gasteiger partial charge in [-0.3, -0.25) is 0 Å². The molecule has 0 fully saturated rings. The Morgan fingerprint density at radius 3 is 2.61 bits per heavy atom. The van der Waals surface area contributed by atoms with Gasteiger partial charge in [-0.25, -0.2) is 8.42 Å². The van der Waals surface area contributed by atoms with Crippen LogP contribution in [-0.2, 0) is 22.7 Å². The van der Waals surface area contributed by atoms with Gasteiger partial charge in [0.05, 0.1) is 5.75 Å². The lowest BCUT2D eigenvalue weighted by molar-refractivity contribution is 0.492. The number of benzene rings is 1. The van der Waals surface area contributed by atoms with Crippen molar-refractivity contribution in [3.05, 3.63) is 34.9 Å². The molecule has 1 aliphatic rings. The Bertz CT molecular complexity index is 529. The summed E-state index contributed by atoms with van der Waals surface area (Å²) in [6.45, 7) is 4.41. The summed E-state index contributed by atoms with van der Waals surface area (Å²) in [6.07, 6.45) is 4.28. The van der Waals surface area contributed by atoms with Gasteiger partial charge in [-0.15, -0.1) is 0 Å². The molecule has 100 valence electrons. The molecule has 0 saturated heterocycles. The lowest BCUT2D eigenvalue weighted by Gasteiger charge is -2.25. The summed E-state index contributed by atoms with van der Waals surface area (Å²) in [7, 11) is -2.85. The Labute approximate surface area is 110 Å². The number of hydrogen-bond acceptors (Lipinski definition) is 2. The van der Waals surface area contributed by atoms with Crippen molar-refractivity contribution >= 4 is 9.84 Å². The maximum Gasteiger partial charge on any atom is 0.147 e. The summed E-state index contributed by atoms with van der Waals surface area (Å²) >= 11 is 0. The van der Waals surface area contributed by atoms with E-state index >= 15 is 0 Å². The highest BCUT2D eigenvalue weighted by atomic mass is 32.2. The highest BCUT2D eigenvalue weighted by Crippen LogP contribution is 2.29. The van der Waals surface area contributed by atoms with Crippen LogP contribution in [0.1, 0.15) is 42.9 Å². The van der Waals surface area contributed by atoms with E-state index in [1.54, 1.807) is 0 Å². The van der Waals surface area contributed by atoms with Gasteiger partial charge < -0.3 is 0 Å². The molecule has 0 saturated carbocycles. The van der Waals surface area contributed by atoms with Gasteiger partial charge in [-0.2, -0.15) is 0 Å². The number of sulfone groups is 1. The first-order valence-electron chi connectivity index (χ1n) is 6.64. The molecule has 0 bridgehead atoms.